The van der Waals surface area contributed by atoms with Crippen LogP contribution in [-0.4, -0.2) is 37.2 Å². The standard InChI is InChI=1S/C48H92O6/c1-6-7-8-9-10-11-17-25-30-35-40-48(51)54-45(42-53-47(50)39-34-29-24-20-19-22-27-32-37-44(4)5)41-52-46(49)38-33-28-23-18-15-13-12-14-16-21-26-31-36-43(2)3/h43-45H,6-42H2,1-5H3/t45-/m0/s1. The van der Waals surface area contributed by atoms with E-state index in [1.165, 1.54) is 148 Å². The smallest absolute Gasteiger partial charge is 0.306 e. The summed E-state index contributed by atoms with van der Waals surface area (Å²) in [5, 5.41) is 0. The van der Waals surface area contributed by atoms with E-state index in [2.05, 4.69) is 34.6 Å². The molecule has 0 saturated carbocycles. The van der Waals surface area contributed by atoms with Gasteiger partial charge in [0.05, 0.1) is 0 Å². The van der Waals surface area contributed by atoms with Crippen molar-refractivity contribution in [1.82, 2.24) is 0 Å². The normalized spacial score (nSPS) is 12.1. The zero-order chi connectivity index (χ0) is 39.7. The number of carbonyl (C=O) groups is 3. The van der Waals surface area contributed by atoms with Gasteiger partial charge in [0, 0.05) is 19.3 Å². The Balaban J connectivity index is 4.29. The Hall–Kier alpha value is -1.59. The lowest BCUT2D eigenvalue weighted by atomic mass is 10.0. The summed E-state index contributed by atoms with van der Waals surface area (Å²) in [4.78, 5) is 37.7. The highest BCUT2D eigenvalue weighted by molar-refractivity contribution is 5.71. The maximum absolute atomic E-state index is 12.7. The molecule has 0 aromatic rings. The number of esters is 3. The molecule has 0 fully saturated rings. The number of hydrogen-bond acceptors (Lipinski definition) is 6. The van der Waals surface area contributed by atoms with Gasteiger partial charge in [-0.05, 0) is 31.1 Å². The summed E-state index contributed by atoms with van der Waals surface area (Å²) >= 11 is 0. The lowest BCUT2D eigenvalue weighted by Gasteiger charge is -2.18. The minimum absolute atomic E-state index is 0.0647. The molecule has 0 N–H and O–H groups in total. The van der Waals surface area contributed by atoms with E-state index in [1.54, 1.807) is 0 Å². The number of ether oxygens (including phenoxy) is 3. The van der Waals surface area contributed by atoms with Crippen LogP contribution < -0.4 is 0 Å². The fourth-order valence-corrected chi connectivity index (χ4v) is 7.11. The number of unbranched alkanes of at least 4 members (excludes halogenated alkanes) is 27. The Morgan fingerprint density at radius 1 is 0.352 bits per heavy atom. The highest BCUT2D eigenvalue weighted by atomic mass is 16.6. The minimum Gasteiger partial charge on any atom is -0.462 e. The number of rotatable bonds is 42. The van der Waals surface area contributed by atoms with Gasteiger partial charge in [-0.3, -0.25) is 14.4 Å². The van der Waals surface area contributed by atoms with Gasteiger partial charge < -0.3 is 14.2 Å². The van der Waals surface area contributed by atoms with Crippen LogP contribution >= 0.6 is 0 Å². The van der Waals surface area contributed by atoms with Crippen LogP contribution in [0.4, 0.5) is 0 Å². The van der Waals surface area contributed by atoms with Gasteiger partial charge in [-0.1, -0.05) is 221 Å². The molecule has 0 aliphatic carbocycles. The fraction of sp³-hybridized carbons (Fsp3) is 0.938. The molecule has 0 unspecified atom stereocenters. The van der Waals surface area contributed by atoms with Crippen molar-refractivity contribution in [2.75, 3.05) is 13.2 Å². The van der Waals surface area contributed by atoms with E-state index in [0.29, 0.717) is 19.3 Å². The van der Waals surface area contributed by atoms with E-state index in [4.69, 9.17) is 14.2 Å². The maximum Gasteiger partial charge on any atom is 0.306 e. The summed E-state index contributed by atoms with van der Waals surface area (Å²) in [6.07, 6.45) is 39.5. The molecular formula is C48H92O6. The van der Waals surface area contributed by atoms with Crippen molar-refractivity contribution in [3.8, 4) is 0 Å². The molecule has 0 radical (unpaired) electrons. The molecule has 1 atom stereocenters. The average Bonchev–Trinajstić information content (AvgIpc) is 3.14. The minimum atomic E-state index is -0.760. The van der Waals surface area contributed by atoms with E-state index in [0.717, 1.165) is 69.6 Å². The summed E-state index contributed by atoms with van der Waals surface area (Å²) in [5.41, 5.74) is 0. The third kappa shape index (κ3) is 41.6. The van der Waals surface area contributed by atoms with Gasteiger partial charge in [0.25, 0.3) is 0 Å². The molecule has 0 rings (SSSR count). The predicted molar refractivity (Wildman–Crippen MR) is 229 cm³/mol. The SMILES string of the molecule is CCCCCCCCCCCCC(=O)O[C@@H](COC(=O)CCCCCCCCCCCCCCC(C)C)COC(=O)CCCCCCCCCCC(C)C. The van der Waals surface area contributed by atoms with E-state index >= 15 is 0 Å². The molecule has 0 aliphatic rings. The van der Waals surface area contributed by atoms with Gasteiger partial charge in [-0.15, -0.1) is 0 Å². The third-order valence-corrected chi connectivity index (χ3v) is 10.7. The molecule has 54 heavy (non-hydrogen) atoms. The topological polar surface area (TPSA) is 78.9 Å². The van der Waals surface area contributed by atoms with E-state index in [1.807, 2.05) is 0 Å². The Labute approximate surface area is 336 Å². The van der Waals surface area contributed by atoms with Crippen molar-refractivity contribution in [2.24, 2.45) is 11.8 Å². The van der Waals surface area contributed by atoms with Crippen molar-refractivity contribution < 1.29 is 28.6 Å². The van der Waals surface area contributed by atoms with Crippen molar-refractivity contribution >= 4 is 17.9 Å². The molecule has 0 aromatic carbocycles. The highest BCUT2D eigenvalue weighted by Crippen LogP contribution is 2.17. The van der Waals surface area contributed by atoms with Crippen LogP contribution in [-0.2, 0) is 28.6 Å². The van der Waals surface area contributed by atoms with Crippen molar-refractivity contribution in [1.29, 1.82) is 0 Å². The zero-order valence-corrected chi connectivity index (χ0v) is 36.8. The summed E-state index contributed by atoms with van der Waals surface area (Å²) in [6.45, 7) is 11.3. The summed E-state index contributed by atoms with van der Waals surface area (Å²) in [7, 11) is 0. The first kappa shape index (κ1) is 52.4. The Kier molecular flexibility index (Phi) is 39.8. The summed E-state index contributed by atoms with van der Waals surface area (Å²) in [6, 6.07) is 0. The van der Waals surface area contributed by atoms with Gasteiger partial charge in [0.1, 0.15) is 13.2 Å². The molecule has 0 heterocycles. The molecule has 0 saturated heterocycles. The van der Waals surface area contributed by atoms with Crippen molar-refractivity contribution in [3.05, 3.63) is 0 Å². The Morgan fingerprint density at radius 2 is 0.611 bits per heavy atom. The molecule has 0 amide bonds. The van der Waals surface area contributed by atoms with Gasteiger partial charge >= 0.3 is 17.9 Å². The summed E-state index contributed by atoms with van der Waals surface area (Å²) in [5.74, 6) is 0.773. The van der Waals surface area contributed by atoms with E-state index < -0.39 is 6.10 Å². The van der Waals surface area contributed by atoms with Crippen LogP contribution in [0.25, 0.3) is 0 Å². The molecular weight excluding hydrogens is 673 g/mol. The molecule has 320 valence electrons. The Bertz CT molecular complexity index is 824. The second-order valence-electron chi connectivity index (χ2n) is 17.3. The van der Waals surface area contributed by atoms with E-state index in [-0.39, 0.29) is 31.1 Å². The van der Waals surface area contributed by atoms with Gasteiger partial charge in [0.15, 0.2) is 6.10 Å². The van der Waals surface area contributed by atoms with Crippen LogP contribution in [0.15, 0.2) is 0 Å². The first-order valence-electron chi connectivity index (χ1n) is 23.7. The molecule has 0 aromatic heterocycles. The predicted octanol–water partition coefficient (Wildman–Crippen LogP) is 15.0. The molecule has 6 heteroatoms. The number of carbonyl (C=O) groups excluding carboxylic acids is 3. The van der Waals surface area contributed by atoms with Crippen LogP contribution in [0, 0.1) is 11.8 Å². The van der Waals surface area contributed by atoms with Gasteiger partial charge in [-0.25, -0.2) is 0 Å². The van der Waals surface area contributed by atoms with Crippen LogP contribution in [0.3, 0.4) is 0 Å². The number of hydrogen-bond donors (Lipinski definition) is 0. The van der Waals surface area contributed by atoms with Crippen LogP contribution in [0.1, 0.15) is 259 Å². The quantitative estimate of drug-likeness (QED) is 0.0350. The summed E-state index contributed by atoms with van der Waals surface area (Å²) < 4.78 is 16.7. The van der Waals surface area contributed by atoms with Crippen LogP contribution in [0.5, 0.6) is 0 Å². The van der Waals surface area contributed by atoms with E-state index in [9.17, 15) is 14.4 Å². The Morgan fingerprint density at radius 3 is 0.907 bits per heavy atom. The molecule has 6 nitrogen and oxygen atoms in total. The largest absolute Gasteiger partial charge is 0.462 e. The lowest BCUT2D eigenvalue weighted by Crippen LogP contribution is -2.30. The van der Waals surface area contributed by atoms with Crippen molar-refractivity contribution in [3.63, 3.8) is 0 Å². The molecule has 0 spiro atoms. The zero-order valence-electron chi connectivity index (χ0n) is 36.8. The average molecular weight is 765 g/mol. The third-order valence-electron chi connectivity index (χ3n) is 10.7. The monoisotopic (exact) mass is 765 g/mol. The first-order chi connectivity index (χ1) is 26.2. The highest BCUT2D eigenvalue weighted by Gasteiger charge is 2.19. The van der Waals surface area contributed by atoms with Gasteiger partial charge in [0.2, 0.25) is 0 Å². The van der Waals surface area contributed by atoms with Crippen molar-refractivity contribution in [2.45, 2.75) is 265 Å². The maximum atomic E-state index is 12.7. The first-order valence-corrected chi connectivity index (χ1v) is 23.7. The molecule has 0 bridgehead atoms. The van der Waals surface area contributed by atoms with Crippen LogP contribution in [0.2, 0.25) is 0 Å². The van der Waals surface area contributed by atoms with Gasteiger partial charge in [-0.2, -0.15) is 0 Å². The second kappa shape index (κ2) is 41.1. The lowest BCUT2D eigenvalue weighted by molar-refractivity contribution is -0.167. The second-order valence-corrected chi connectivity index (χ2v) is 17.3. The molecule has 0 aliphatic heterocycles. The fourth-order valence-electron chi connectivity index (χ4n) is 7.11.